The second kappa shape index (κ2) is 7.75. The molecule has 0 radical (unpaired) electrons. The number of aryl methyl sites for hydroxylation is 1. The van der Waals surface area contributed by atoms with Crippen LogP contribution in [0.5, 0.6) is 0 Å². The molecule has 0 bridgehead atoms. The summed E-state index contributed by atoms with van der Waals surface area (Å²) in [5, 5.41) is 1.71. The number of likely N-dealkylation sites (tertiary alicyclic amines) is 1. The van der Waals surface area contributed by atoms with Crippen molar-refractivity contribution >= 4 is 40.9 Å². The van der Waals surface area contributed by atoms with Crippen LogP contribution < -0.4 is 0 Å². The molecule has 2 aromatic rings. The van der Waals surface area contributed by atoms with Gasteiger partial charge in [0.2, 0.25) is 0 Å². The number of hydrogen-bond donors (Lipinski definition) is 0. The standard InChI is InChI=1S/C19H21Cl2N3OS/c1-12-17(26-15-6-4-5-13(20)16(15)21)22-11-14(23-12)18(25)24-9-7-19(2,3)8-10-24/h4-6,11H,7-10H2,1-3H3. The van der Waals surface area contributed by atoms with Crippen molar-refractivity contribution in [2.45, 2.75) is 43.5 Å². The predicted molar refractivity (Wildman–Crippen MR) is 106 cm³/mol. The molecule has 3 rings (SSSR count). The average Bonchev–Trinajstić information content (AvgIpc) is 2.60. The predicted octanol–water partition coefficient (Wildman–Crippen LogP) is 5.51. The first-order valence-electron chi connectivity index (χ1n) is 8.52. The van der Waals surface area contributed by atoms with Gasteiger partial charge < -0.3 is 4.90 Å². The fraction of sp³-hybridized carbons (Fsp3) is 0.421. The second-order valence-electron chi connectivity index (χ2n) is 7.26. The topological polar surface area (TPSA) is 46.1 Å². The van der Waals surface area contributed by atoms with E-state index in [0.29, 0.717) is 31.9 Å². The fourth-order valence-electron chi connectivity index (χ4n) is 2.82. The lowest BCUT2D eigenvalue weighted by atomic mass is 9.82. The van der Waals surface area contributed by atoms with Gasteiger partial charge in [-0.05, 0) is 37.3 Å². The first-order valence-corrected chi connectivity index (χ1v) is 10.1. The SMILES string of the molecule is Cc1nc(C(=O)N2CCC(C)(C)CC2)cnc1Sc1cccc(Cl)c1Cl. The minimum Gasteiger partial charge on any atom is -0.337 e. The van der Waals surface area contributed by atoms with Crippen LogP contribution in [-0.4, -0.2) is 33.9 Å². The summed E-state index contributed by atoms with van der Waals surface area (Å²) in [4.78, 5) is 24.3. The van der Waals surface area contributed by atoms with E-state index in [9.17, 15) is 4.79 Å². The normalized spacial score (nSPS) is 16.6. The van der Waals surface area contributed by atoms with E-state index in [1.54, 1.807) is 12.3 Å². The quantitative estimate of drug-likeness (QED) is 0.670. The Hall–Kier alpha value is -1.30. The maximum absolute atomic E-state index is 12.7. The van der Waals surface area contributed by atoms with Crippen LogP contribution in [0.4, 0.5) is 0 Å². The number of aromatic nitrogens is 2. The van der Waals surface area contributed by atoms with Crippen molar-refractivity contribution < 1.29 is 4.79 Å². The number of rotatable bonds is 3. The van der Waals surface area contributed by atoms with Gasteiger partial charge in [0.15, 0.2) is 0 Å². The van der Waals surface area contributed by atoms with Gasteiger partial charge in [-0.1, -0.05) is 54.9 Å². The number of halogens is 2. The number of carbonyl (C=O) groups excluding carboxylic acids is 1. The highest BCUT2D eigenvalue weighted by Crippen LogP contribution is 2.37. The molecule has 0 N–H and O–H groups in total. The van der Waals surface area contributed by atoms with E-state index in [1.165, 1.54) is 11.8 Å². The Kier molecular flexibility index (Phi) is 5.80. The third-order valence-corrected chi connectivity index (χ3v) is 6.73. The van der Waals surface area contributed by atoms with E-state index in [4.69, 9.17) is 23.2 Å². The molecule has 1 amide bonds. The van der Waals surface area contributed by atoms with Crippen LogP contribution in [0, 0.1) is 12.3 Å². The average molecular weight is 410 g/mol. The molecule has 7 heteroatoms. The molecule has 1 aliphatic rings. The minimum atomic E-state index is -0.0477. The van der Waals surface area contributed by atoms with Gasteiger partial charge in [0.1, 0.15) is 10.7 Å². The van der Waals surface area contributed by atoms with Crippen LogP contribution in [0.2, 0.25) is 10.0 Å². The van der Waals surface area contributed by atoms with E-state index in [1.807, 2.05) is 24.0 Å². The molecule has 1 aromatic heterocycles. The van der Waals surface area contributed by atoms with Crippen molar-refractivity contribution in [3.63, 3.8) is 0 Å². The maximum atomic E-state index is 12.7. The lowest BCUT2D eigenvalue weighted by molar-refractivity contribution is 0.0623. The number of carbonyl (C=O) groups is 1. The Morgan fingerprint density at radius 3 is 2.58 bits per heavy atom. The van der Waals surface area contributed by atoms with E-state index >= 15 is 0 Å². The van der Waals surface area contributed by atoms with Crippen LogP contribution in [0.25, 0.3) is 0 Å². The molecular formula is C19H21Cl2N3OS. The summed E-state index contributed by atoms with van der Waals surface area (Å²) in [6.07, 6.45) is 3.56. The van der Waals surface area contributed by atoms with Gasteiger partial charge in [0.05, 0.1) is 21.9 Å². The second-order valence-corrected chi connectivity index (χ2v) is 9.07. The summed E-state index contributed by atoms with van der Waals surface area (Å²) in [6.45, 7) is 7.86. The van der Waals surface area contributed by atoms with Crippen molar-refractivity contribution in [3.8, 4) is 0 Å². The molecule has 0 saturated carbocycles. The summed E-state index contributed by atoms with van der Waals surface area (Å²) >= 11 is 13.7. The molecule has 138 valence electrons. The zero-order valence-electron chi connectivity index (χ0n) is 15.1. The third-order valence-electron chi connectivity index (χ3n) is 4.65. The van der Waals surface area contributed by atoms with Crippen LogP contribution in [0.15, 0.2) is 34.3 Å². The van der Waals surface area contributed by atoms with Gasteiger partial charge in [0.25, 0.3) is 5.91 Å². The molecule has 4 nitrogen and oxygen atoms in total. The molecule has 2 heterocycles. The van der Waals surface area contributed by atoms with E-state index < -0.39 is 0 Å². The Bertz CT molecular complexity index is 832. The van der Waals surface area contributed by atoms with E-state index in [2.05, 4.69) is 23.8 Å². The smallest absolute Gasteiger partial charge is 0.274 e. The van der Waals surface area contributed by atoms with Crippen LogP contribution >= 0.6 is 35.0 Å². The van der Waals surface area contributed by atoms with Crippen molar-refractivity contribution in [2.75, 3.05) is 13.1 Å². The van der Waals surface area contributed by atoms with Gasteiger partial charge >= 0.3 is 0 Å². The molecule has 1 fully saturated rings. The van der Waals surface area contributed by atoms with Crippen molar-refractivity contribution in [1.29, 1.82) is 0 Å². The highest BCUT2D eigenvalue weighted by atomic mass is 35.5. The largest absolute Gasteiger partial charge is 0.337 e. The first kappa shape index (κ1) is 19.5. The highest BCUT2D eigenvalue weighted by molar-refractivity contribution is 7.99. The summed E-state index contributed by atoms with van der Waals surface area (Å²) in [6, 6.07) is 5.47. The van der Waals surface area contributed by atoms with E-state index in [0.717, 1.165) is 30.8 Å². The molecule has 0 spiro atoms. The van der Waals surface area contributed by atoms with Gasteiger partial charge in [-0.15, -0.1) is 0 Å². The molecular weight excluding hydrogens is 389 g/mol. The van der Waals surface area contributed by atoms with Crippen molar-refractivity contribution in [2.24, 2.45) is 5.41 Å². The van der Waals surface area contributed by atoms with Crippen molar-refractivity contribution in [1.82, 2.24) is 14.9 Å². The molecule has 0 unspecified atom stereocenters. The van der Waals surface area contributed by atoms with Crippen LogP contribution in [-0.2, 0) is 0 Å². The maximum Gasteiger partial charge on any atom is 0.274 e. The summed E-state index contributed by atoms with van der Waals surface area (Å²) in [5.41, 5.74) is 1.40. The summed E-state index contributed by atoms with van der Waals surface area (Å²) in [5.74, 6) is -0.0477. The Morgan fingerprint density at radius 2 is 1.92 bits per heavy atom. The Balaban J connectivity index is 1.75. The summed E-state index contributed by atoms with van der Waals surface area (Å²) in [7, 11) is 0. The number of benzene rings is 1. The van der Waals surface area contributed by atoms with Gasteiger partial charge in [-0.25, -0.2) is 9.97 Å². The molecule has 1 saturated heterocycles. The lowest BCUT2D eigenvalue weighted by Gasteiger charge is -2.36. The zero-order valence-corrected chi connectivity index (χ0v) is 17.4. The number of amides is 1. The summed E-state index contributed by atoms with van der Waals surface area (Å²) < 4.78 is 0. The zero-order chi connectivity index (χ0) is 18.9. The van der Waals surface area contributed by atoms with Crippen LogP contribution in [0.3, 0.4) is 0 Å². The Morgan fingerprint density at radius 1 is 1.23 bits per heavy atom. The number of hydrogen-bond acceptors (Lipinski definition) is 4. The monoisotopic (exact) mass is 409 g/mol. The fourth-order valence-corrected chi connectivity index (χ4v) is 4.14. The minimum absolute atomic E-state index is 0.0477. The molecule has 0 aliphatic carbocycles. The Labute approximate surface area is 168 Å². The molecule has 1 aromatic carbocycles. The number of nitrogens with zero attached hydrogens (tertiary/aromatic N) is 3. The highest BCUT2D eigenvalue weighted by Gasteiger charge is 2.29. The lowest BCUT2D eigenvalue weighted by Crippen LogP contribution is -2.41. The van der Waals surface area contributed by atoms with Gasteiger partial charge in [-0.2, -0.15) is 0 Å². The molecule has 1 aliphatic heterocycles. The number of piperidine rings is 1. The van der Waals surface area contributed by atoms with Gasteiger partial charge in [0, 0.05) is 18.0 Å². The first-order chi connectivity index (χ1) is 12.3. The molecule has 0 atom stereocenters. The third kappa shape index (κ3) is 4.33. The van der Waals surface area contributed by atoms with E-state index in [-0.39, 0.29) is 5.91 Å². The van der Waals surface area contributed by atoms with Gasteiger partial charge in [-0.3, -0.25) is 4.79 Å². The van der Waals surface area contributed by atoms with Crippen LogP contribution in [0.1, 0.15) is 42.9 Å². The molecule has 26 heavy (non-hydrogen) atoms. The van der Waals surface area contributed by atoms with Crippen molar-refractivity contribution in [3.05, 3.63) is 45.8 Å².